The number of likely N-dealkylation sites (tertiary alicyclic amines) is 1. The molecule has 2 aliphatic heterocycles. The Hall–Kier alpha value is -1.91. The van der Waals surface area contributed by atoms with Gasteiger partial charge < -0.3 is 10.2 Å². The first-order valence-electron chi connectivity index (χ1n) is 6.01. The van der Waals surface area contributed by atoms with Crippen molar-refractivity contribution in [1.29, 1.82) is 0 Å². The smallest absolute Gasteiger partial charge is 0.257 e. The number of benzene rings is 1. The Morgan fingerprint density at radius 3 is 2.94 bits per heavy atom. The summed E-state index contributed by atoms with van der Waals surface area (Å²) in [7, 11) is 0. The molecule has 18 heavy (non-hydrogen) atoms. The first-order valence-corrected chi connectivity index (χ1v) is 6.01. The van der Waals surface area contributed by atoms with Gasteiger partial charge in [0, 0.05) is 13.0 Å². The molecule has 1 aromatic rings. The average Bonchev–Trinajstić information content (AvgIpc) is 2.87. The fraction of sp³-hybridized carbons (Fsp3) is 0.385. The summed E-state index contributed by atoms with van der Waals surface area (Å²) < 4.78 is 13.6. The predicted octanol–water partition coefficient (Wildman–Crippen LogP) is 0.929. The molecule has 0 saturated carbocycles. The van der Waals surface area contributed by atoms with Gasteiger partial charge in [-0.15, -0.1) is 0 Å². The number of halogens is 1. The van der Waals surface area contributed by atoms with E-state index in [1.165, 1.54) is 12.1 Å². The zero-order valence-electron chi connectivity index (χ0n) is 9.73. The Kier molecular flexibility index (Phi) is 2.54. The summed E-state index contributed by atoms with van der Waals surface area (Å²) in [4.78, 5) is 25.2. The molecule has 0 unspecified atom stereocenters. The molecule has 2 fully saturated rings. The van der Waals surface area contributed by atoms with Gasteiger partial charge in [0.15, 0.2) is 0 Å². The van der Waals surface area contributed by atoms with Crippen molar-refractivity contribution in [2.45, 2.75) is 24.9 Å². The summed E-state index contributed by atoms with van der Waals surface area (Å²) in [6.07, 6.45) is 1.07. The molecule has 2 saturated heterocycles. The molecule has 5 heteroatoms. The van der Waals surface area contributed by atoms with E-state index in [1.807, 2.05) is 0 Å². The number of fused-ring (bicyclic) bond motifs is 1. The van der Waals surface area contributed by atoms with Crippen LogP contribution in [-0.4, -0.2) is 35.3 Å². The minimum Gasteiger partial charge on any atom is -0.351 e. The highest BCUT2D eigenvalue weighted by atomic mass is 19.1. The minimum atomic E-state index is -0.511. The van der Waals surface area contributed by atoms with E-state index in [2.05, 4.69) is 5.32 Å². The van der Waals surface area contributed by atoms with Crippen molar-refractivity contribution in [3.05, 3.63) is 35.6 Å². The van der Waals surface area contributed by atoms with Crippen LogP contribution in [0.5, 0.6) is 0 Å². The molecule has 2 aliphatic rings. The highest BCUT2D eigenvalue weighted by Crippen LogP contribution is 2.27. The van der Waals surface area contributed by atoms with E-state index in [4.69, 9.17) is 0 Å². The summed E-state index contributed by atoms with van der Waals surface area (Å²) in [6.45, 7) is 0.572. The SMILES string of the molecule is O=C1C[C@H]2[C@@H](CCN2C(=O)c2ccccc2F)N1. The van der Waals surface area contributed by atoms with Crippen LogP contribution in [0.4, 0.5) is 4.39 Å². The van der Waals surface area contributed by atoms with Crippen molar-refractivity contribution in [1.82, 2.24) is 10.2 Å². The van der Waals surface area contributed by atoms with Gasteiger partial charge in [0.2, 0.25) is 5.91 Å². The van der Waals surface area contributed by atoms with E-state index in [-0.39, 0.29) is 29.5 Å². The number of nitrogens with zero attached hydrogens (tertiary/aromatic N) is 1. The summed E-state index contributed by atoms with van der Waals surface area (Å²) in [5.41, 5.74) is 0.0810. The van der Waals surface area contributed by atoms with Gasteiger partial charge in [0.25, 0.3) is 5.91 Å². The Labute approximate surface area is 104 Å². The molecule has 0 bridgehead atoms. The van der Waals surface area contributed by atoms with Crippen LogP contribution in [-0.2, 0) is 4.79 Å². The largest absolute Gasteiger partial charge is 0.351 e. The van der Waals surface area contributed by atoms with Crippen molar-refractivity contribution < 1.29 is 14.0 Å². The topological polar surface area (TPSA) is 49.4 Å². The van der Waals surface area contributed by atoms with E-state index in [1.54, 1.807) is 17.0 Å². The van der Waals surface area contributed by atoms with Crippen molar-refractivity contribution in [2.24, 2.45) is 0 Å². The van der Waals surface area contributed by atoms with Crippen LogP contribution < -0.4 is 5.32 Å². The molecule has 2 atom stereocenters. The van der Waals surface area contributed by atoms with Crippen LogP contribution in [0.2, 0.25) is 0 Å². The summed E-state index contributed by atoms with van der Waals surface area (Å²) in [5, 5.41) is 2.84. The lowest BCUT2D eigenvalue weighted by molar-refractivity contribution is -0.119. The summed E-state index contributed by atoms with van der Waals surface area (Å²) >= 11 is 0. The third-order valence-corrected chi connectivity index (χ3v) is 3.65. The van der Waals surface area contributed by atoms with Gasteiger partial charge in [0.1, 0.15) is 5.82 Å². The number of carbonyl (C=O) groups is 2. The van der Waals surface area contributed by atoms with Gasteiger partial charge in [-0.05, 0) is 18.6 Å². The van der Waals surface area contributed by atoms with Gasteiger partial charge in [-0.3, -0.25) is 9.59 Å². The maximum absolute atomic E-state index is 13.6. The van der Waals surface area contributed by atoms with Crippen LogP contribution >= 0.6 is 0 Å². The van der Waals surface area contributed by atoms with Gasteiger partial charge in [-0.1, -0.05) is 12.1 Å². The monoisotopic (exact) mass is 248 g/mol. The molecule has 0 spiro atoms. The van der Waals surface area contributed by atoms with Crippen molar-refractivity contribution in [3.8, 4) is 0 Å². The maximum Gasteiger partial charge on any atom is 0.257 e. The molecule has 0 aromatic heterocycles. The number of carbonyl (C=O) groups excluding carboxylic acids is 2. The quantitative estimate of drug-likeness (QED) is 0.803. The lowest BCUT2D eigenvalue weighted by Crippen LogP contribution is -2.38. The molecular weight excluding hydrogens is 235 g/mol. The van der Waals surface area contributed by atoms with Crippen LogP contribution in [0.15, 0.2) is 24.3 Å². The van der Waals surface area contributed by atoms with Gasteiger partial charge in [-0.25, -0.2) is 4.39 Å². The standard InChI is InChI=1S/C13H13FN2O2/c14-9-4-2-1-3-8(9)13(18)16-6-5-10-11(16)7-12(17)15-10/h1-4,10-11H,5-7H2,(H,15,17)/t10-,11+/m1/s1. The molecule has 2 heterocycles. The molecule has 0 radical (unpaired) electrons. The molecular formula is C13H13FN2O2. The highest BCUT2D eigenvalue weighted by molar-refractivity contribution is 5.95. The van der Waals surface area contributed by atoms with E-state index in [0.29, 0.717) is 13.0 Å². The van der Waals surface area contributed by atoms with Crippen molar-refractivity contribution in [3.63, 3.8) is 0 Å². The molecule has 2 amide bonds. The molecule has 1 N–H and O–H groups in total. The van der Waals surface area contributed by atoms with Crippen LogP contribution in [0.1, 0.15) is 23.2 Å². The van der Waals surface area contributed by atoms with Crippen LogP contribution in [0, 0.1) is 5.82 Å². The second-order valence-corrected chi connectivity index (χ2v) is 4.71. The Bertz CT molecular complexity index is 517. The molecule has 1 aromatic carbocycles. The lowest BCUT2D eigenvalue weighted by atomic mass is 10.1. The first-order chi connectivity index (χ1) is 8.66. The Morgan fingerprint density at radius 1 is 1.39 bits per heavy atom. The number of nitrogens with one attached hydrogen (secondary N) is 1. The fourth-order valence-electron chi connectivity index (χ4n) is 2.77. The van der Waals surface area contributed by atoms with E-state index in [9.17, 15) is 14.0 Å². The zero-order chi connectivity index (χ0) is 12.7. The number of hydrogen-bond acceptors (Lipinski definition) is 2. The van der Waals surface area contributed by atoms with Gasteiger partial charge in [-0.2, -0.15) is 0 Å². The summed E-state index contributed by atoms with van der Waals surface area (Å²) in [6, 6.07) is 5.87. The molecule has 4 nitrogen and oxygen atoms in total. The molecule has 0 aliphatic carbocycles. The fourth-order valence-corrected chi connectivity index (χ4v) is 2.77. The molecule has 94 valence electrons. The number of amides is 2. The molecule has 3 rings (SSSR count). The van der Waals surface area contributed by atoms with E-state index < -0.39 is 5.82 Å². The second-order valence-electron chi connectivity index (χ2n) is 4.71. The zero-order valence-corrected chi connectivity index (χ0v) is 9.73. The van der Waals surface area contributed by atoms with Crippen molar-refractivity contribution in [2.75, 3.05) is 6.54 Å². The maximum atomic E-state index is 13.6. The van der Waals surface area contributed by atoms with Gasteiger partial charge >= 0.3 is 0 Å². The Morgan fingerprint density at radius 2 is 2.17 bits per heavy atom. The van der Waals surface area contributed by atoms with E-state index in [0.717, 1.165) is 6.42 Å². The van der Waals surface area contributed by atoms with Gasteiger partial charge in [0.05, 0.1) is 17.6 Å². The highest BCUT2D eigenvalue weighted by Gasteiger charge is 2.43. The normalized spacial score (nSPS) is 26.1. The average molecular weight is 248 g/mol. The second kappa shape index (κ2) is 4.08. The third-order valence-electron chi connectivity index (χ3n) is 3.65. The Balaban J connectivity index is 1.86. The predicted molar refractivity (Wildman–Crippen MR) is 62.4 cm³/mol. The summed E-state index contributed by atoms with van der Waals surface area (Å²) in [5.74, 6) is -0.864. The van der Waals surface area contributed by atoms with Crippen LogP contribution in [0.25, 0.3) is 0 Å². The van der Waals surface area contributed by atoms with E-state index >= 15 is 0 Å². The number of hydrogen-bond donors (Lipinski definition) is 1. The first kappa shape index (κ1) is 11.2. The third kappa shape index (κ3) is 1.66. The minimum absolute atomic E-state index is 0.0315. The number of rotatable bonds is 1. The lowest BCUT2D eigenvalue weighted by Gasteiger charge is -2.22. The van der Waals surface area contributed by atoms with Crippen LogP contribution in [0.3, 0.4) is 0 Å². The van der Waals surface area contributed by atoms with Crippen molar-refractivity contribution >= 4 is 11.8 Å².